The number of aromatic nitrogens is 2. The van der Waals surface area contributed by atoms with Crippen molar-refractivity contribution in [3.63, 3.8) is 0 Å². The van der Waals surface area contributed by atoms with E-state index in [0.29, 0.717) is 5.76 Å². The van der Waals surface area contributed by atoms with Gasteiger partial charge in [-0.2, -0.15) is 0 Å². The first-order valence-electron chi connectivity index (χ1n) is 11.1. The van der Waals surface area contributed by atoms with E-state index < -0.39 is 41.3 Å². The number of carbonyl (C=O) groups is 4. The lowest BCUT2D eigenvalue weighted by atomic mass is 10.1. The fourth-order valence-electron chi connectivity index (χ4n) is 3.20. The van der Waals surface area contributed by atoms with Crippen LogP contribution in [0.2, 0.25) is 0 Å². The molecule has 0 bridgehead atoms. The number of aryl methyl sites for hydroxylation is 1. The van der Waals surface area contributed by atoms with E-state index in [-0.39, 0.29) is 37.3 Å². The summed E-state index contributed by atoms with van der Waals surface area (Å²) < 4.78 is 10.9. The van der Waals surface area contributed by atoms with Crippen LogP contribution in [-0.2, 0) is 19.1 Å². The molecule has 35 heavy (non-hydrogen) atoms. The Kier molecular flexibility index (Phi) is 9.94. The lowest BCUT2D eigenvalue weighted by Crippen LogP contribution is -2.42. The molecule has 0 fully saturated rings. The summed E-state index contributed by atoms with van der Waals surface area (Å²) in [5.41, 5.74) is 4.58. The lowest BCUT2D eigenvalue weighted by molar-refractivity contribution is -0.137. The van der Waals surface area contributed by atoms with Gasteiger partial charge in [0.05, 0.1) is 6.61 Å². The number of hydrogen-bond acceptors (Lipinski definition) is 8. The molecular formula is C23H29N5O7. The first-order valence-corrected chi connectivity index (χ1v) is 11.1. The maximum Gasteiger partial charge on any atom is 0.330 e. The van der Waals surface area contributed by atoms with Gasteiger partial charge in [0, 0.05) is 30.8 Å². The summed E-state index contributed by atoms with van der Waals surface area (Å²) in [5.74, 6) is -1.88. The Morgan fingerprint density at radius 1 is 1.29 bits per heavy atom. The zero-order chi connectivity index (χ0) is 26.0. The van der Waals surface area contributed by atoms with Crippen molar-refractivity contribution in [2.75, 3.05) is 11.9 Å². The minimum atomic E-state index is -0.930. The van der Waals surface area contributed by atoms with Crippen molar-refractivity contribution in [3.05, 3.63) is 58.4 Å². The molecule has 2 rings (SSSR count). The number of nitrogens with zero attached hydrogens (tertiary/aromatic N) is 2. The summed E-state index contributed by atoms with van der Waals surface area (Å²) in [6.45, 7) is 5.19. The predicted octanol–water partition coefficient (Wildman–Crippen LogP) is 1.22. The van der Waals surface area contributed by atoms with Gasteiger partial charge in [0.2, 0.25) is 11.8 Å². The van der Waals surface area contributed by atoms with Crippen LogP contribution in [0.15, 0.2) is 45.9 Å². The van der Waals surface area contributed by atoms with Crippen molar-refractivity contribution >= 4 is 29.4 Å². The fraction of sp³-hybridized carbons (Fsp3) is 0.391. The molecule has 0 aliphatic rings. The molecule has 12 heteroatoms. The van der Waals surface area contributed by atoms with E-state index in [0.717, 1.165) is 6.08 Å². The molecule has 188 valence electrons. The van der Waals surface area contributed by atoms with Gasteiger partial charge in [0.25, 0.3) is 11.5 Å². The number of rotatable bonds is 12. The number of hydrogen-bond donors (Lipinski definition) is 3. The third-order valence-corrected chi connectivity index (χ3v) is 4.89. The maximum absolute atomic E-state index is 13.1. The van der Waals surface area contributed by atoms with Crippen LogP contribution in [0.4, 0.5) is 5.69 Å². The number of nitrogens with one attached hydrogen (secondary N) is 2. The van der Waals surface area contributed by atoms with Gasteiger partial charge in [0.15, 0.2) is 5.69 Å². The van der Waals surface area contributed by atoms with Crippen LogP contribution in [0, 0.1) is 6.92 Å². The second kappa shape index (κ2) is 12.9. The van der Waals surface area contributed by atoms with Crippen LogP contribution >= 0.6 is 0 Å². The average Bonchev–Trinajstić information content (AvgIpc) is 3.25. The van der Waals surface area contributed by atoms with Crippen molar-refractivity contribution in [3.8, 4) is 0 Å². The van der Waals surface area contributed by atoms with E-state index in [9.17, 15) is 24.0 Å². The van der Waals surface area contributed by atoms with Crippen LogP contribution in [0.3, 0.4) is 0 Å². The monoisotopic (exact) mass is 487 g/mol. The smallest absolute Gasteiger partial charge is 0.330 e. The molecule has 2 atom stereocenters. The van der Waals surface area contributed by atoms with Crippen molar-refractivity contribution in [2.24, 2.45) is 5.73 Å². The quantitative estimate of drug-likeness (QED) is 0.296. The molecule has 4 N–H and O–H groups in total. The first kappa shape index (κ1) is 27.0. The van der Waals surface area contributed by atoms with Gasteiger partial charge in [-0.1, -0.05) is 18.2 Å². The standard InChI is InChI=1S/C23H29N5O7/c1-4-18(22(32)25-15(8-10-19(24)29)9-11-20(30)34-5-2)28-12-6-7-16(23(28)33)26-21(31)17-13-14(3)35-27-17/h6-7,9,11-13,15,18H,4-5,8,10H2,1-3H3,(H2,24,29)(H,25,32)(H,26,31)/b11-9+/t15-,18-/m0/s1. The zero-order valence-electron chi connectivity index (χ0n) is 19.8. The molecule has 0 aliphatic carbocycles. The topological polar surface area (TPSA) is 176 Å². The number of esters is 1. The normalized spacial score (nSPS) is 12.7. The molecular weight excluding hydrogens is 458 g/mol. The number of anilines is 1. The van der Waals surface area contributed by atoms with Crippen molar-refractivity contribution in [1.29, 1.82) is 0 Å². The highest BCUT2D eigenvalue weighted by Gasteiger charge is 2.23. The van der Waals surface area contributed by atoms with Gasteiger partial charge in [-0.3, -0.25) is 19.2 Å². The zero-order valence-corrected chi connectivity index (χ0v) is 19.8. The largest absolute Gasteiger partial charge is 0.463 e. The SMILES string of the molecule is CCOC(=O)/C=C/[C@H](CCC(N)=O)NC(=O)[C@H](CC)n1cccc(NC(=O)c2cc(C)on2)c1=O. The summed E-state index contributed by atoms with van der Waals surface area (Å²) in [4.78, 5) is 61.3. The Labute approximate surface area is 201 Å². The lowest BCUT2D eigenvalue weighted by Gasteiger charge is -2.22. The van der Waals surface area contributed by atoms with E-state index in [2.05, 4.69) is 15.8 Å². The molecule has 0 saturated heterocycles. The second-order valence-corrected chi connectivity index (χ2v) is 7.57. The highest BCUT2D eigenvalue weighted by atomic mass is 16.5. The van der Waals surface area contributed by atoms with Crippen LogP contribution in [-0.4, -0.2) is 46.1 Å². The molecule has 12 nitrogen and oxygen atoms in total. The number of pyridine rings is 1. The fourth-order valence-corrected chi connectivity index (χ4v) is 3.20. The molecule has 0 saturated carbocycles. The van der Waals surface area contributed by atoms with Crippen molar-refractivity contribution < 1.29 is 28.4 Å². The molecule has 2 aromatic rings. The highest BCUT2D eigenvalue weighted by molar-refractivity contribution is 6.02. The molecule has 2 heterocycles. The number of ether oxygens (including phenoxy) is 1. The van der Waals surface area contributed by atoms with Gasteiger partial charge in [-0.15, -0.1) is 0 Å². The minimum Gasteiger partial charge on any atom is -0.463 e. The molecule has 2 aromatic heterocycles. The molecule has 3 amide bonds. The van der Waals surface area contributed by atoms with Crippen LogP contribution < -0.4 is 21.9 Å². The summed E-state index contributed by atoms with van der Waals surface area (Å²) in [5, 5.41) is 8.82. The second-order valence-electron chi connectivity index (χ2n) is 7.57. The van der Waals surface area contributed by atoms with Crippen LogP contribution in [0.25, 0.3) is 0 Å². The van der Waals surface area contributed by atoms with Gasteiger partial charge in [-0.25, -0.2) is 4.79 Å². The predicted molar refractivity (Wildman–Crippen MR) is 125 cm³/mol. The summed E-state index contributed by atoms with van der Waals surface area (Å²) >= 11 is 0. The van der Waals surface area contributed by atoms with Gasteiger partial charge in [0.1, 0.15) is 17.5 Å². The van der Waals surface area contributed by atoms with E-state index >= 15 is 0 Å². The Hall–Kier alpha value is -4.22. The Bertz CT molecular complexity index is 1150. The van der Waals surface area contributed by atoms with E-state index in [4.69, 9.17) is 15.0 Å². The number of carbonyl (C=O) groups excluding carboxylic acids is 4. The van der Waals surface area contributed by atoms with Gasteiger partial charge in [-0.05, 0) is 38.8 Å². The van der Waals surface area contributed by atoms with Crippen LogP contribution in [0.1, 0.15) is 55.4 Å². The first-order chi connectivity index (χ1) is 16.7. The van der Waals surface area contributed by atoms with Crippen molar-refractivity contribution in [1.82, 2.24) is 15.0 Å². The molecule has 0 aliphatic heterocycles. The number of primary amides is 1. The summed E-state index contributed by atoms with van der Waals surface area (Å²) in [6, 6.07) is 2.72. The third-order valence-electron chi connectivity index (χ3n) is 4.89. The van der Waals surface area contributed by atoms with E-state index in [1.54, 1.807) is 20.8 Å². The van der Waals surface area contributed by atoms with Gasteiger partial charge >= 0.3 is 5.97 Å². The highest BCUT2D eigenvalue weighted by Crippen LogP contribution is 2.13. The number of amides is 3. The summed E-state index contributed by atoms with van der Waals surface area (Å²) in [6.07, 6.45) is 4.36. The molecule has 0 radical (unpaired) electrons. The van der Waals surface area contributed by atoms with E-state index in [1.165, 1.54) is 35.0 Å². The Morgan fingerprint density at radius 2 is 2.03 bits per heavy atom. The minimum absolute atomic E-state index is 0.00719. The maximum atomic E-state index is 13.1. The summed E-state index contributed by atoms with van der Waals surface area (Å²) in [7, 11) is 0. The molecule has 0 spiro atoms. The van der Waals surface area contributed by atoms with Crippen LogP contribution in [0.5, 0.6) is 0 Å². The third kappa shape index (κ3) is 7.95. The Morgan fingerprint density at radius 3 is 2.63 bits per heavy atom. The van der Waals surface area contributed by atoms with Crippen molar-refractivity contribution in [2.45, 2.75) is 52.1 Å². The van der Waals surface area contributed by atoms with E-state index in [1.807, 2.05) is 0 Å². The number of nitrogens with two attached hydrogens (primary N) is 1. The molecule has 0 unspecified atom stereocenters. The van der Waals surface area contributed by atoms with Gasteiger partial charge < -0.3 is 30.2 Å². The molecule has 0 aromatic carbocycles. The average molecular weight is 488 g/mol. The Balaban J connectivity index is 2.22.